The van der Waals surface area contributed by atoms with Crippen molar-refractivity contribution in [2.75, 3.05) is 0 Å². The van der Waals surface area contributed by atoms with Gasteiger partial charge in [-0.15, -0.1) is 0 Å². The van der Waals surface area contributed by atoms with Crippen LogP contribution in [0.25, 0.3) is 0 Å². The number of hydrogen-bond acceptors (Lipinski definition) is 2. The molecule has 1 aromatic carbocycles. The Morgan fingerprint density at radius 3 is 1.19 bits per heavy atom. The molecule has 0 radical (unpaired) electrons. The maximum Gasteiger partial charge on any atom is 0.283 e. The molecule has 0 unspecified atom stereocenters. The quantitative estimate of drug-likeness (QED) is 0.787. The molecule has 1 rings (SSSR count). The minimum absolute atomic E-state index is 0.234. The lowest BCUT2D eigenvalue weighted by molar-refractivity contribution is 0.0912. The monoisotopic (exact) mass is 300 g/mol. The van der Waals surface area contributed by atoms with Crippen LogP contribution in [0.4, 0.5) is 0 Å². The molecule has 86 valence electrons. The first-order valence-electron chi connectivity index (χ1n) is 3.85. The summed E-state index contributed by atoms with van der Waals surface area (Å²) in [6.07, 6.45) is 0. The molecular formula is C8H4Cl4N2O2. The van der Waals surface area contributed by atoms with Crippen LogP contribution in [0, 0.1) is 0 Å². The molecule has 0 aliphatic carbocycles. The van der Waals surface area contributed by atoms with Gasteiger partial charge in [0.15, 0.2) is 0 Å². The van der Waals surface area contributed by atoms with E-state index < -0.39 is 11.8 Å². The van der Waals surface area contributed by atoms with E-state index in [9.17, 15) is 9.59 Å². The SMILES string of the molecule is O=C(c1ccc(C(=O)N(Cl)Cl)cc1)N(Cl)Cl. The predicted octanol–water partition coefficient (Wildman–Crippen LogP) is 3.19. The Hall–Kier alpha value is -0.680. The van der Waals surface area contributed by atoms with Gasteiger partial charge in [-0.25, -0.2) is 0 Å². The van der Waals surface area contributed by atoms with Crippen LogP contribution in [0.15, 0.2) is 24.3 Å². The van der Waals surface area contributed by atoms with Gasteiger partial charge in [-0.2, -0.15) is 7.88 Å². The molecule has 0 aromatic heterocycles. The van der Waals surface area contributed by atoms with Crippen molar-refractivity contribution in [3.8, 4) is 0 Å². The topological polar surface area (TPSA) is 40.6 Å². The van der Waals surface area contributed by atoms with Gasteiger partial charge in [0.25, 0.3) is 11.8 Å². The summed E-state index contributed by atoms with van der Waals surface area (Å²) < 4.78 is 0.790. The highest BCUT2D eigenvalue weighted by Crippen LogP contribution is 2.14. The van der Waals surface area contributed by atoms with Gasteiger partial charge in [-0.1, -0.05) is 0 Å². The van der Waals surface area contributed by atoms with Crippen LogP contribution in [0.2, 0.25) is 0 Å². The summed E-state index contributed by atoms with van der Waals surface area (Å²) in [7, 11) is 0. The fourth-order valence-electron chi connectivity index (χ4n) is 0.951. The largest absolute Gasteiger partial charge is 0.283 e. The van der Waals surface area contributed by atoms with Crippen LogP contribution in [0.3, 0.4) is 0 Å². The zero-order valence-corrected chi connectivity index (χ0v) is 10.6. The van der Waals surface area contributed by atoms with Crippen LogP contribution < -0.4 is 0 Å². The van der Waals surface area contributed by atoms with Crippen molar-refractivity contribution in [3.63, 3.8) is 0 Å². The molecule has 0 aliphatic heterocycles. The van der Waals surface area contributed by atoms with Crippen molar-refractivity contribution in [2.45, 2.75) is 0 Å². The van der Waals surface area contributed by atoms with E-state index in [1.54, 1.807) is 0 Å². The highest BCUT2D eigenvalue weighted by molar-refractivity contribution is 6.43. The Morgan fingerprint density at radius 1 is 0.750 bits per heavy atom. The van der Waals surface area contributed by atoms with Crippen molar-refractivity contribution < 1.29 is 9.59 Å². The van der Waals surface area contributed by atoms with Crippen molar-refractivity contribution in [2.24, 2.45) is 0 Å². The molecule has 0 spiro atoms. The van der Waals surface area contributed by atoms with E-state index in [-0.39, 0.29) is 11.1 Å². The minimum Gasteiger partial charge on any atom is -0.266 e. The van der Waals surface area contributed by atoms with E-state index in [1.807, 2.05) is 0 Å². The first-order valence-corrected chi connectivity index (χ1v) is 5.21. The molecule has 8 heteroatoms. The Labute approximate surface area is 112 Å². The minimum atomic E-state index is -0.601. The lowest BCUT2D eigenvalue weighted by atomic mass is 10.1. The highest BCUT2D eigenvalue weighted by atomic mass is 35.5. The molecule has 0 atom stereocenters. The Bertz CT molecular complexity index is 366. The van der Waals surface area contributed by atoms with Gasteiger partial charge in [0.2, 0.25) is 0 Å². The predicted molar refractivity (Wildman–Crippen MR) is 62.2 cm³/mol. The summed E-state index contributed by atoms with van der Waals surface area (Å²) in [4.78, 5) is 22.5. The standard InChI is InChI=1S/C8H4Cl4N2O2/c9-13(10)7(15)5-1-2-6(4-3-5)8(16)14(11)12/h1-4H. The second kappa shape index (κ2) is 5.59. The number of benzene rings is 1. The van der Waals surface area contributed by atoms with E-state index in [0.717, 1.165) is 0 Å². The third-order valence-corrected chi connectivity index (χ3v) is 2.30. The molecule has 16 heavy (non-hydrogen) atoms. The maximum absolute atomic E-state index is 11.3. The Kier molecular flexibility index (Phi) is 4.68. The summed E-state index contributed by atoms with van der Waals surface area (Å²) in [5.74, 6) is -1.20. The van der Waals surface area contributed by atoms with Gasteiger partial charge < -0.3 is 0 Å². The summed E-state index contributed by atoms with van der Waals surface area (Å²) in [6, 6.07) is 5.52. The van der Waals surface area contributed by atoms with Crippen molar-refractivity contribution in [1.29, 1.82) is 0 Å². The lowest BCUT2D eigenvalue weighted by Gasteiger charge is -2.06. The fraction of sp³-hybridized carbons (Fsp3) is 0. The van der Waals surface area contributed by atoms with Gasteiger partial charge in [0.05, 0.1) is 0 Å². The molecule has 0 saturated heterocycles. The Morgan fingerprint density at radius 2 is 1.00 bits per heavy atom. The van der Waals surface area contributed by atoms with Crippen LogP contribution in [-0.4, -0.2) is 19.7 Å². The van der Waals surface area contributed by atoms with E-state index in [2.05, 4.69) is 0 Å². The number of nitrogens with zero attached hydrogens (tertiary/aromatic N) is 2. The van der Waals surface area contributed by atoms with Crippen LogP contribution in [0.1, 0.15) is 20.7 Å². The van der Waals surface area contributed by atoms with Gasteiger partial charge in [0, 0.05) is 58.2 Å². The number of halogens is 4. The molecule has 0 aliphatic rings. The van der Waals surface area contributed by atoms with Crippen molar-refractivity contribution in [1.82, 2.24) is 7.88 Å². The summed E-state index contributed by atoms with van der Waals surface area (Å²) in [5.41, 5.74) is 0.467. The van der Waals surface area contributed by atoms with E-state index in [4.69, 9.17) is 47.1 Å². The van der Waals surface area contributed by atoms with Gasteiger partial charge in [0.1, 0.15) is 0 Å². The lowest BCUT2D eigenvalue weighted by Crippen LogP contribution is -2.13. The smallest absolute Gasteiger partial charge is 0.266 e. The second-order valence-corrected chi connectivity index (χ2v) is 4.35. The number of carbonyl (C=O) groups is 2. The third-order valence-electron chi connectivity index (χ3n) is 1.69. The second-order valence-electron chi connectivity index (χ2n) is 2.65. The van der Waals surface area contributed by atoms with Crippen molar-refractivity contribution in [3.05, 3.63) is 35.4 Å². The first kappa shape index (κ1) is 13.4. The van der Waals surface area contributed by atoms with Gasteiger partial charge in [-0.05, 0) is 24.3 Å². The average molecular weight is 302 g/mol. The number of amides is 2. The van der Waals surface area contributed by atoms with E-state index in [0.29, 0.717) is 7.88 Å². The van der Waals surface area contributed by atoms with E-state index >= 15 is 0 Å². The highest BCUT2D eigenvalue weighted by Gasteiger charge is 2.14. The molecular weight excluding hydrogens is 298 g/mol. The molecule has 0 heterocycles. The maximum atomic E-state index is 11.3. The molecule has 0 fully saturated rings. The van der Waals surface area contributed by atoms with Crippen LogP contribution in [-0.2, 0) is 0 Å². The third kappa shape index (κ3) is 3.15. The van der Waals surface area contributed by atoms with Crippen molar-refractivity contribution >= 4 is 58.9 Å². The molecule has 4 nitrogen and oxygen atoms in total. The molecule has 2 amide bonds. The van der Waals surface area contributed by atoms with Crippen LogP contribution >= 0.6 is 47.1 Å². The number of hydrogen-bond donors (Lipinski definition) is 0. The number of carbonyl (C=O) groups excluding carboxylic acids is 2. The molecule has 0 bridgehead atoms. The zero-order valence-electron chi connectivity index (χ0n) is 7.53. The van der Waals surface area contributed by atoms with E-state index in [1.165, 1.54) is 24.3 Å². The van der Waals surface area contributed by atoms with Gasteiger partial charge >= 0.3 is 0 Å². The van der Waals surface area contributed by atoms with Crippen LogP contribution in [0.5, 0.6) is 0 Å². The summed E-state index contributed by atoms with van der Waals surface area (Å²) in [5, 5.41) is 0. The molecule has 0 saturated carbocycles. The average Bonchev–Trinajstić information content (AvgIpc) is 2.27. The first-order chi connectivity index (χ1) is 7.43. The molecule has 0 N–H and O–H groups in total. The summed E-state index contributed by atoms with van der Waals surface area (Å²) in [6.45, 7) is 0. The number of rotatable bonds is 2. The fourth-order valence-corrected chi connectivity index (χ4v) is 1.34. The Balaban J connectivity index is 2.92. The molecule has 1 aromatic rings. The van der Waals surface area contributed by atoms with Gasteiger partial charge in [-0.3, -0.25) is 9.59 Å². The normalized spacial score (nSPS) is 9.75. The zero-order chi connectivity index (χ0) is 12.3. The summed E-state index contributed by atoms with van der Waals surface area (Å²) >= 11 is 21.0.